The molecular formula is C22H16FN5OS. The van der Waals surface area contributed by atoms with Crippen LogP contribution in [0.1, 0.15) is 11.3 Å². The van der Waals surface area contributed by atoms with Gasteiger partial charge in [0, 0.05) is 24.3 Å². The molecule has 0 N–H and O–H groups in total. The molecule has 2 aromatic carbocycles. The molecule has 8 heteroatoms. The first-order valence-electron chi connectivity index (χ1n) is 9.30. The fourth-order valence-electron chi connectivity index (χ4n) is 3.25. The van der Waals surface area contributed by atoms with Crippen LogP contribution in [-0.4, -0.2) is 23.9 Å². The van der Waals surface area contributed by atoms with E-state index in [0.717, 1.165) is 5.69 Å². The van der Waals surface area contributed by atoms with E-state index in [1.54, 1.807) is 43.5 Å². The van der Waals surface area contributed by atoms with Gasteiger partial charge in [-0.15, -0.1) is 0 Å². The average Bonchev–Trinajstić information content (AvgIpc) is 3.18. The molecule has 3 heterocycles. The summed E-state index contributed by atoms with van der Waals surface area (Å²) in [4.78, 5) is 26.7. The summed E-state index contributed by atoms with van der Waals surface area (Å²) in [7, 11) is 0. The standard InChI is InChI=1S/C22H16FN5OS/c1-14-7-8-16(11-18(14)23)28-20(29)17-5-2-3-6-19(17)26-22(28)30-13-15-12-27-10-4-9-24-21(27)25-15/h2-12H,13H2,1H3. The lowest BCUT2D eigenvalue weighted by Crippen LogP contribution is -2.22. The summed E-state index contributed by atoms with van der Waals surface area (Å²) in [6, 6.07) is 13.8. The van der Waals surface area contributed by atoms with Gasteiger partial charge in [0.2, 0.25) is 5.78 Å². The Morgan fingerprint density at radius 2 is 1.97 bits per heavy atom. The number of fused-ring (bicyclic) bond motifs is 2. The molecule has 0 radical (unpaired) electrons. The molecule has 0 aliphatic carbocycles. The molecule has 0 bridgehead atoms. The van der Waals surface area contributed by atoms with Crippen molar-refractivity contribution in [1.29, 1.82) is 0 Å². The number of aromatic nitrogens is 5. The number of thioether (sulfide) groups is 1. The Bertz CT molecular complexity index is 1430. The van der Waals surface area contributed by atoms with Gasteiger partial charge in [-0.2, -0.15) is 0 Å². The summed E-state index contributed by atoms with van der Waals surface area (Å²) in [5.41, 5.74) is 2.14. The van der Waals surface area contributed by atoms with E-state index in [9.17, 15) is 9.18 Å². The van der Waals surface area contributed by atoms with E-state index in [0.29, 0.717) is 38.8 Å². The Morgan fingerprint density at radius 1 is 1.10 bits per heavy atom. The summed E-state index contributed by atoms with van der Waals surface area (Å²) in [5, 5.41) is 0.965. The normalized spacial score (nSPS) is 11.4. The number of para-hydroxylation sites is 1. The van der Waals surface area contributed by atoms with E-state index in [1.807, 2.05) is 28.9 Å². The minimum absolute atomic E-state index is 0.233. The van der Waals surface area contributed by atoms with E-state index < -0.39 is 0 Å². The van der Waals surface area contributed by atoms with Gasteiger partial charge in [-0.1, -0.05) is 30.0 Å². The molecular weight excluding hydrogens is 401 g/mol. The van der Waals surface area contributed by atoms with Gasteiger partial charge in [-0.25, -0.2) is 19.3 Å². The van der Waals surface area contributed by atoms with Crippen molar-refractivity contribution in [3.63, 3.8) is 0 Å². The van der Waals surface area contributed by atoms with Crippen LogP contribution in [0.2, 0.25) is 0 Å². The van der Waals surface area contributed by atoms with E-state index in [4.69, 9.17) is 0 Å². The van der Waals surface area contributed by atoms with Crippen LogP contribution in [0.3, 0.4) is 0 Å². The quantitative estimate of drug-likeness (QED) is 0.324. The van der Waals surface area contributed by atoms with Crippen LogP contribution in [-0.2, 0) is 5.75 Å². The second kappa shape index (κ2) is 7.38. The van der Waals surface area contributed by atoms with Crippen molar-refractivity contribution in [2.75, 3.05) is 0 Å². The molecule has 0 amide bonds. The zero-order valence-electron chi connectivity index (χ0n) is 16.0. The number of rotatable bonds is 4. The third kappa shape index (κ3) is 3.25. The fourth-order valence-corrected chi connectivity index (χ4v) is 4.14. The lowest BCUT2D eigenvalue weighted by atomic mass is 10.2. The van der Waals surface area contributed by atoms with Crippen molar-refractivity contribution in [3.8, 4) is 5.69 Å². The molecule has 0 aliphatic heterocycles. The van der Waals surface area contributed by atoms with Crippen LogP contribution in [0.15, 0.2) is 77.1 Å². The molecule has 0 saturated heterocycles. The molecule has 3 aromatic heterocycles. The van der Waals surface area contributed by atoms with Crippen LogP contribution in [0.25, 0.3) is 22.4 Å². The minimum Gasteiger partial charge on any atom is -0.291 e. The van der Waals surface area contributed by atoms with E-state index in [2.05, 4.69) is 15.0 Å². The third-order valence-electron chi connectivity index (χ3n) is 4.79. The first kappa shape index (κ1) is 18.5. The molecule has 0 aliphatic rings. The zero-order chi connectivity index (χ0) is 20.7. The maximum absolute atomic E-state index is 14.2. The molecule has 0 fully saturated rings. The molecule has 5 aromatic rings. The van der Waals surface area contributed by atoms with Crippen molar-refractivity contribution in [3.05, 3.63) is 94.5 Å². The van der Waals surface area contributed by atoms with E-state index in [1.165, 1.54) is 22.4 Å². The molecule has 0 unspecified atom stereocenters. The lowest BCUT2D eigenvalue weighted by molar-refractivity contribution is 0.615. The molecule has 5 rings (SSSR count). The van der Waals surface area contributed by atoms with Gasteiger partial charge < -0.3 is 0 Å². The number of hydrogen-bond donors (Lipinski definition) is 0. The van der Waals surface area contributed by atoms with Gasteiger partial charge in [0.15, 0.2) is 5.16 Å². The lowest BCUT2D eigenvalue weighted by Gasteiger charge is -2.13. The number of imidazole rings is 1. The highest BCUT2D eigenvalue weighted by Crippen LogP contribution is 2.25. The van der Waals surface area contributed by atoms with Crippen molar-refractivity contribution < 1.29 is 4.39 Å². The van der Waals surface area contributed by atoms with Gasteiger partial charge in [0.25, 0.3) is 5.56 Å². The van der Waals surface area contributed by atoms with Crippen molar-refractivity contribution in [2.45, 2.75) is 17.8 Å². The van der Waals surface area contributed by atoms with Crippen LogP contribution >= 0.6 is 11.8 Å². The van der Waals surface area contributed by atoms with Crippen molar-refractivity contribution in [2.24, 2.45) is 0 Å². The van der Waals surface area contributed by atoms with Gasteiger partial charge in [0.05, 0.1) is 22.3 Å². The van der Waals surface area contributed by atoms with Crippen LogP contribution in [0, 0.1) is 12.7 Å². The van der Waals surface area contributed by atoms with Gasteiger partial charge in [-0.05, 0) is 42.8 Å². The number of nitrogens with zero attached hydrogens (tertiary/aromatic N) is 5. The van der Waals surface area contributed by atoms with Crippen molar-refractivity contribution >= 4 is 28.4 Å². The van der Waals surface area contributed by atoms with E-state index >= 15 is 0 Å². The average molecular weight is 417 g/mol. The number of benzene rings is 2. The second-order valence-electron chi connectivity index (χ2n) is 6.83. The third-order valence-corrected chi connectivity index (χ3v) is 5.77. The SMILES string of the molecule is Cc1ccc(-n2c(SCc3cn4cccnc4n3)nc3ccccc3c2=O)cc1F. The van der Waals surface area contributed by atoms with Gasteiger partial charge in [-0.3, -0.25) is 13.8 Å². The molecule has 148 valence electrons. The first-order valence-corrected chi connectivity index (χ1v) is 10.3. The van der Waals surface area contributed by atoms with E-state index in [-0.39, 0.29) is 11.4 Å². The van der Waals surface area contributed by atoms with Gasteiger partial charge >= 0.3 is 0 Å². The number of hydrogen-bond acceptors (Lipinski definition) is 5. The highest BCUT2D eigenvalue weighted by Gasteiger charge is 2.15. The Labute approximate surface area is 175 Å². The fraction of sp³-hybridized carbons (Fsp3) is 0.0909. The second-order valence-corrected chi connectivity index (χ2v) is 7.78. The predicted octanol–water partition coefficient (Wildman–Crippen LogP) is 4.17. The maximum atomic E-state index is 14.2. The molecule has 0 spiro atoms. The largest absolute Gasteiger partial charge is 0.291 e. The molecule has 30 heavy (non-hydrogen) atoms. The molecule has 0 atom stereocenters. The van der Waals surface area contributed by atoms with Gasteiger partial charge in [0.1, 0.15) is 5.82 Å². The minimum atomic E-state index is -0.366. The Morgan fingerprint density at radius 3 is 2.80 bits per heavy atom. The highest BCUT2D eigenvalue weighted by atomic mass is 32.2. The Kier molecular flexibility index (Phi) is 4.55. The summed E-state index contributed by atoms with van der Waals surface area (Å²) in [5.74, 6) is 0.732. The summed E-state index contributed by atoms with van der Waals surface area (Å²) >= 11 is 1.38. The first-order chi connectivity index (χ1) is 14.6. The molecule has 0 saturated carbocycles. The molecule has 6 nitrogen and oxygen atoms in total. The summed E-state index contributed by atoms with van der Waals surface area (Å²) in [6.45, 7) is 1.69. The number of halogens is 1. The van der Waals surface area contributed by atoms with Crippen LogP contribution in [0.5, 0.6) is 0 Å². The Hall–Kier alpha value is -3.52. The summed E-state index contributed by atoms with van der Waals surface area (Å²) in [6.07, 6.45) is 5.46. The Balaban J connectivity index is 1.62. The number of aryl methyl sites for hydroxylation is 1. The van der Waals surface area contributed by atoms with Crippen LogP contribution in [0.4, 0.5) is 4.39 Å². The predicted molar refractivity (Wildman–Crippen MR) is 115 cm³/mol. The monoisotopic (exact) mass is 417 g/mol. The van der Waals surface area contributed by atoms with Crippen LogP contribution < -0.4 is 5.56 Å². The maximum Gasteiger partial charge on any atom is 0.266 e. The topological polar surface area (TPSA) is 65.1 Å². The summed E-state index contributed by atoms with van der Waals surface area (Å²) < 4.78 is 17.6. The highest BCUT2D eigenvalue weighted by molar-refractivity contribution is 7.98. The zero-order valence-corrected chi connectivity index (χ0v) is 16.8. The van der Waals surface area contributed by atoms with Crippen molar-refractivity contribution in [1.82, 2.24) is 23.9 Å². The smallest absolute Gasteiger partial charge is 0.266 e.